The van der Waals surface area contributed by atoms with Crippen molar-refractivity contribution in [2.75, 3.05) is 13.3 Å². The van der Waals surface area contributed by atoms with Crippen LogP contribution < -0.4 is 0 Å². The predicted octanol–water partition coefficient (Wildman–Crippen LogP) is 1.66. The Hall–Kier alpha value is -1.34. The van der Waals surface area contributed by atoms with Crippen LogP contribution in [0.1, 0.15) is 19.8 Å². The largest absolute Gasteiger partial charge is 0.477 e. The number of alkyl halides is 1. The Morgan fingerprint density at radius 2 is 2.35 bits per heavy atom. The van der Waals surface area contributed by atoms with E-state index in [-0.39, 0.29) is 11.8 Å². The van der Waals surface area contributed by atoms with E-state index in [1.54, 1.807) is 6.92 Å². The van der Waals surface area contributed by atoms with Gasteiger partial charge in [-0.05, 0) is 25.3 Å². The van der Waals surface area contributed by atoms with E-state index in [1.807, 2.05) is 0 Å². The van der Waals surface area contributed by atoms with Gasteiger partial charge in [0.25, 0.3) is 5.91 Å². The molecule has 2 saturated heterocycles. The first-order valence-electron chi connectivity index (χ1n) is 6.41. The fraction of sp³-hybridized carbons (Fsp3) is 0.538. The minimum atomic E-state index is -1.13. The van der Waals surface area contributed by atoms with Gasteiger partial charge in [-0.3, -0.25) is 9.69 Å². The van der Waals surface area contributed by atoms with Gasteiger partial charge >= 0.3 is 5.97 Å². The number of carboxylic acid groups (broad SMARTS) is 1. The summed E-state index contributed by atoms with van der Waals surface area (Å²) < 4.78 is 18.3. The fourth-order valence-corrected chi connectivity index (χ4v) is 4.32. The molecule has 20 heavy (non-hydrogen) atoms. The summed E-state index contributed by atoms with van der Waals surface area (Å²) in [6.07, 6.45) is 1.39. The highest BCUT2D eigenvalue weighted by Gasteiger charge is 2.54. The maximum absolute atomic E-state index is 12.7. The van der Waals surface area contributed by atoms with Crippen molar-refractivity contribution in [2.24, 2.45) is 0 Å². The molecule has 3 rings (SSSR count). The molecule has 0 aromatic heterocycles. The first-order chi connectivity index (χ1) is 9.56. The number of nitrogens with zero attached hydrogens (tertiary/aromatic N) is 1. The van der Waals surface area contributed by atoms with Crippen LogP contribution in [-0.4, -0.2) is 46.6 Å². The highest BCUT2D eigenvalue weighted by atomic mass is 32.2. The number of aliphatic carboxylic acids is 1. The van der Waals surface area contributed by atoms with Gasteiger partial charge in [-0.1, -0.05) is 11.8 Å². The van der Waals surface area contributed by atoms with E-state index in [0.717, 1.165) is 12.8 Å². The smallest absolute Gasteiger partial charge is 0.353 e. The summed E-state index contributed by atoms with van der Waals surface area (Å²) in [4.78, 5) is 25.3. The normalized spacial score (nSPS) is 31.5. The first-order valence-corrected chi connectivity index (χ1v) is 7.29. The van der Waals surface area contributed by atoms with E-state index in [4.69, 9.17) is 4.74 Å². The number of rotatable bonds is 3. The van der Waals surface area contributed by atoms with E-state index in [1.165, 1.54) is 16.7 Å². The van der Waals surface area contributed by atoms with Gasteiger partial charge in [-0.15, -0.1) is 0 Å². The molecule has 1 N–H and O–H groups in total. The molecule has 3 aliphatic heterocycles. The van der Waals surface area contributed by atoms with Crippen LogP contribution in [-0.2, 0) is 14.3 Å². The molecule has 108 valence electrons. The highest BCUT2D eigenvalue weighted by molar-refractivity contribution is 8.04. The Labute approximate surface area is 119 Å². The van der Waals surface area contributed by atoms with Crippen molar-refractivity contribution < 1.29 is 23.8 Å². The second-order valence-corrected chi connectivity index (χ2v) is 6.11. The number of carbonyl (C=O) groups excluding carboxylic acids is 1. The lowest BCUT2D eigenvalue weighted by molar-refractivity contribution is -0.141. The van der Waals surface area contributed by atoms with Gasteiger partial charge < -0.3 is 9.84 Å². The molecule has 5 nitrogen and oxygen atoms in total. The number of fused-ring (bicyclic) bond motifs is 1. The van der Waals surface area contributed by atoms with Crippen molar-refractivity contribution in [3.8, 4) is 0 Å². The number of carbonyl (C=O) groups is 2. The lowest BCUT2D eigenvalue weighted by Crippen LogP contribution is -2.51. The number of carboxylic acids is 1. The Bertz CT molecular complexity index is 551. The number of β-lactam (4-membered cyclic amide) rings is 1. The number of ether oxygens (including phenoxy) is 1. The van der Waals surface area contributed by atoms with Crippen LogP contribution in [0.25, 0.3) is 0 Å². The zero-order valence-corrected chi connectivity index (χ0v) is 11.7. The summed E-state index contributed by atoms with van der Waals surface area (Å²) in [6.45, 7) is 1.48. The molecule has 2 fully saturated rings. The Morgan fingerprint density at radius 1 is 1.60 bits per heavy atom. The van der Waals surface area contributed by atoms with E-state index in [0.29, 0.717) is 22.7 Å². The third-order valence-electron chi connectivity index (χ3n) is 3.73. The van der Waals surface area contributed by atoms with Crippen LogP contribution >= 0.6 is 11.8 Å². The molecule has 0 radical (unpaired) electrons. The molecule has 0 aromatic rings. The Kier molecular flexibility index (Phi) is 3.33. The summed E-state index contributed by atoms with van der Waals surface area (Å²) in [7, 11) is 0. The standard InChI is InChI=1S/C13H14FNO4S/c1-6(5-14)8-11(16)15-9(13(17)18)10(20-12(8)15)7-3-2-4-19-7/h7,12H,2-5H2,1H3,(H,17,18)/b8-6+/t7-,12-/m1/s1. The molecule has 1 amide bonds. The van der Waals surface area contributed by atoms with Crippen LogP contribution in [0.2, 0.25) is 0 Å². The van der Waals surface area contributed by atoms with Crippen molar-refractivity contribution in [1.82, 2.24) is 4.90 Å². The number of hydrogen-bond acceptors (Lipinski definition) is 4. The molecular formula is C13H14FNO4S. The fourth-order valence-electron chi connectivity index (χ4n) is 2.72. The summed E-state index contributed by atoms with van der Waals surface area (Å²) >= 11 is 1.30. The Morgan fingerprint density at radius 3 is 2.90 bits per heavy atom. The van der Waals surface area contributed by atoms with E-state index >= 15 is 0 Å². The van der Waals surface area contributed by atoms with E-state index in [9.17, 15) is 19.1 Å². The van der Waals surface area contributed by atoms with E-state index < -0.39 is 23.9 Å². The third kappa shape index (κ3) is 1.80. The number of halogens is 1. The Balaban J connectivity index is 1.96. The van der Waals surface area contributed by atoms with Crippen molar-refractivity contribution in [2.45, 2.75) is 31.2 Å². The van der Waals surface area contributed by atoms with Crippen LogP contribution in [0.4, 0.5) is 4.39 Å². The van der Waals surface area contributed by atoms with Gasteiger partial charge in [-0.25, -0.2) is 9.18 Å². The molecule has 0 saturated carbocycles. The lowest BCUT2D eigenvalue weighted by atomic mass is 9.99. The summed E-state index contributed by atoms with van der Waals surface area (Å²) in [5, 5.41) is 8.96. The predicted molar refractivity (Wildman–Crippen MR) is 70.5 cm³/mol. The highest BCUT2D eigenvalue weighted by Crippen LogP contribution is 2.52. The van der Waals surface area contributed by atoms with Crippen LogP contribution in [0.15, 0.2) is 21.7 Å². The van der Waals surface area contributed by atoms with Crippen molar-refractivity contribution >= 4 is 23.6 Å². The molecular weight excluding hydrogens is 285 g/mol. The average Bonchev–Trinajstić information content (AvgIpc) is 3.03. The summed E-state index contributed by atoms with van der Waals surface area (Å²) in [5.74, 6) is -1.53. The number of allylic oxidation sites excluding steroid dienone is 1. The summed E-state index contributed by atoms with van der Waals surface area (Å²) in [5.41, 5.74) is 0.777. The van der Waals surface area contributed by atoms with Crippen LogP contribution in [0.5, 0.6) is 0 Å². The van der Waals surface area contributed by atoms with E-state index in [2.05, 4.69) is 0 Å². The monoisotopic (exact) mass is 299 g/mol. The zero-order valence-electron chi connectivity index (χ0n) is 10.9. The second-order valence-electron chi connectivity index (χ2n) is 4.99. The van der Waals surface area contributed by atoms with Crippen molar-refractivity contribution in [3.63, 3.8) is 0 Å². The quantitative estimate of drug-likeness (QED) is 0.634. The molecule has 2 atom stereocenters. The lowest BCUT2D eigenvalue weighted by Gasteiger charge is -2.38. The van der Waals surface area contributed by atoms with Crippen LogP contribution in [0, 0.1) is 0 Å². The van der Waals surface area contributed by atoms with Crippen molar-refractivity contribution in [3.05, 3.63) is 21.7 Å². The molecule has 7 heteroatoms. The van der Waals surface area contributed by atoms with Crippen molar-refractivity contribution in [1.29, 1.82) is 0 Å². The van der Waals surface area contributed by atoms with Gasteiger partial charge in [0.2, 0.25) is 0 Å². The maximum atomic E-state index is 12.7. The van der Waals surface area contributed by atoms with Gasteiger partial charge in [0.05, 0.1) is 11.7 Å². The van der Waals surface area contributed by atoms with Gasteiger partial charge in [0.1, 0.15) is 17.7 Å². The first kappa shape index (κ1) is 13.6. The summed E-state index contributed by atoms with van der Waals surface area (Å²) in [6, 6.07) is 0. The number of hydrogen-bond donors (Lipinski definition) is 1. The molecule has 0 spiro atoms. The molecule has 3 aliphatic rings. The number of thioether (sulfide) groups is 1. The molecule has 0 aromatic carbocycles. The zero-order chi connectivity index (χ0) is 14.4. The third-order valence-corrected chi connectivity index (χ3v) is 5.11. The average molecular weight is 299 g/mol. The topological polar surface area (TPSA) is 66.8 Å². The van der Waals surface area contributed by atoms with Gasteiger partial charge in [0, 0.05) is 11.5 Å². The molecule has 3 heterocycles. The van der Waals surface area contributed by atoms with Crippen LogP contribution in [0.3, 0.4) is 0 Å². The molecule has 0 unspecified atom stereocenters. The second kappa shape index (κ2) is 4.89. The molecule has 0 aliphatic carbocycles. The minimum absolute atomic E-state index is 0.00677. The van der Waals surface area contributed by atoms with Gasteiger partial charge in [0.15, 0.2) is 0 Å². The number of amides is 1. The molecule has 0 bridgehead atoms. The van der Waals surface area contributed by atoms with Gasteiger partial charge in [-0.2, -0.15) is 0 Å². The SMILES string of the molecule is C/C(CF)=C1/C(=O)N2C(C(=O)O)=C([C@H]3CCCO3)S[C@H]12. The maximum Gasteiger partial charge on any atom is 0.353 e. The minimum Gasteiger partial charge on any atom is -0.477 e.